The summed E-state index contributed by atoms with van der Waals surface area (Å²) in [4.78, 5) is 12.1. The van der Waals surface area contributed by atoms with Gasteiger partial charge in [0.1, 0.15) is 0 Å². The molecule has 0 fully saturated rings. The Morgan fingerprint density at radius 3 is 2.52 bits per heavy atom. The lowest BCUT2D eigenvalue weighted by molar-refractivity contribution is -0.119. The molecule has 1 aromatic heterocycles. The van der Waals surface area contributed by atoms with E-state index in [9.17, 15) is 4.79 Å². The largest absolute Gasteiger partial charge is 0.325 e. The maximum absolute atomic E-state index is 12.1. The van der Waals surface area contributed by atoms with Crippen molar-refractivity contribution in [3.63, 3.8) is 0 Å². The van der Waals surface area contributed by atoms with Crippen molar-refractivity contribution in [1.82, 2.24) is 9.78 Å². The highest BCUT2D eigenvalue weighted by atomic mass is 16.2. The topological polar surface area (TPSA) is 72.9 Å². The van der Waals surface area contributed by atoms with Crippen molar-refractivity contribution in [2.45, 2.75) is 33.4 Å². The second kappa shape index (κ2) is 6.10. The molecule has 0 bridgehead atoms. The molecule has 5 nitrogen and oxygen atoms in total. The average molecular weight is 286 g/mol. The summed E-state index contributed by atoms with van der Waals surface area (Å²) < 4.78 is 1.85. The van der Waals surface area contributed by atoms with E-state index >= 15 is 0 Å². The molecule has 0 unspecified atom stereocenters. The van der Waals surface area contributed by atoms with Crippen molar-refractivity contribution in [1.29, 1.82) is 0 Å². The first kappa shape index (κ1) is 15.3. The summed E-state index contributed by atoms with van der Waals surface area (Å²) in [5, 5.41) is 7.01. The smallest absolute Gasteiger partial charge is 0.241 e. The van der Waals surface area contributed by atoms with E-state index in [1.807, 2.05) is 62.0 Å². The Morgan fingerprint density at radius 2 is 2.00 bits per heavy atom. The van der Waals surface area contributed by atoms with Crippen LogP contribution in [0.1, 0.15) is 26.3 Å². The van der Waals surface area contributed by atoms with E-state index in [0.29, 0.717) is 6.54 Å². The zero-order valence-electron chi connectivity index (χ0n) is 12.7. The third-order valence-corrected chi connectivity index (χ3v) is 3.34. The van der Waals surface area contributed by atoms with Crippen LogP contribution in [0.5, 0.6) is 0 Å². The number of aromatic nitrogens is 2. The lowest BCUT2D eigenvalue weighted by atomic mass is 9.87. The summed E-state index contributed by atoms with van der Waals surface area (Å²) in [5.74, 6) is -0.165. The van der Waals surface area contributed by atoms with E-state index < -0.39 is 6.04 Å². The molecular weight excluding hydrogens is 264 g/mol. The number of benzene rings is 1. The fourth-order valence-electron chi connectivity index (χ4n) is 1.89. The Balaban J connectivity index is 1.98. The van der Waals surface area contributed by atoms with E-state index in [0.717, 1.165) is 11.3 Å². The Morgan fingerprint density at radius 1 is 1.33 bits per heavy atom. The van der Waals surface area contributed by atoms with Crippen molar-refractivity contribution < 1.29 is 4.79 Å². The number of hydrogen-bond donors (Lipinski definition) is 2. The van der Waals surface area contributed by atoms with Gasteiger partial charge in [0.2, 0.25) is 5.91 Å². The SMILES string of the molecule is CC(C)(C)[C@@H](N)C(=O)Nc1ccc(Cn2cccn2)cc1. The summed E-state index contributed by atoms with van der Waals surface area (Å²) in [5.41, 5.74) is 7.55. The van der Waals surface area contributed by atoms with Crippen LogP contribution in [-0.2, 0) is 11.3 Å². The van der Waals surface area contributed by atoms with Crippen molar-refractivity contribution in [3.8, 4) is 0 Å². The van der Waals surface area contributed by atoms with Crippen molar-refractivity contribution >= 4 is 11.6 Å². The van der Waals surface area contributed by atoms with E-state index in [4.69, 9.17) is 5.73 Å². The molecule has 0 spiro atoms. The van der Waals surface area contributed by atoms with Crippen LogP contribution in [-0.4, -0.2) is 21.7 Å². The molecule has 0 aliphatic heterocycles. The second-order valence-electron chi connectivity index (χ2n) is 6.23. The maximum Gasteiger partial charge on any atom is 0.241 e. The van der Waals surface area contributed by atoms with Gasteiger partial charge in [0, 0.05) is 18.1 Å². The second-order valence-corrected chi connectivity index (χ2v) is 6.23. The lowest BCUT2D eigenvalue weighted by Crippen LogP contribution is -2.45. The average Bonchev–Trinajstić information content (AvgIpc) is 2.92. The molecule has 0 saturated carbocycles. The first-order valence-electron chi connectivity index (χ1n) is 6.99. The predicted molar refractivity (Wildman–Crippen MR) is 83.8 cm³/mol. The summed E-state index contributed by atoms with van der Waals surface area (Å²) in [6.45, 7) is 6.56. The third kappa shape index (κ3) is 4.16. The quantitative estimate of drug-likeness (QED) is 0.905. The van der Waals surface area contributed by atoms with E-state index in [-0.39, 0.29) is 11.3 Å². The standard InChI is InChI=1S/C16H22N4O/c1-16(2,3)14(17)15(21)19-13-7-5-12(6-8-13)11-20-10-4-9-18-20/h4-10,14H,11,17H2,1-3H3,(H,19,21)/t14-/m0/s1. The number of nitrogens with two attached hydrogens (primary N) is 1. The van der Waals surface area contributed by atoms with Crippen molar-refractivity contribution in [2.75, 3.05) is 5.32 Å². The molecular formula is C16H22N4O. The summed E-state index contributed by atoms with van der Waals surface area (Å²) in [7, 11) is 0. The number of hydrogen-bond acceptors (Lipinski definition) is 3. The number of rotatable bonds is 4. The van der Waals surface area contributed by atoms with Crippen LogP contribution >= 0.6 is 0 Å². The molecule has 2 aromatic rings. The van der Waals surface area contributed by atoms with Gasteiger partial charge in [-0.2, -0.15) is 5.10 Å². The third-order valence-electron chi connectivity index (χ3n) is 3.34. The van der Waals surface area contributed by atoms with Gasteiger partial charge in [0.05, 0.1) is 12.6 Å². The molecule has 112 valence electrons. The zero-order chi connectivity index (χ0) is 15.5. The Kier molecular flexibility index (Phi) is 4.43. The highest BCUT2D eigenvalue weighted by Gasteiger charge is 2.27. The first-order chi connectivity index (χ1) is 9.86. The first-order valence-corrected chi connectivity index (χ1v) is 6.99. The minimum atomic E-state index is -0.541. The van der Waals surface area contributed by atoms with Gasteiger partial charge < -0.3 is 11.1 Å². The van der Waals surface area contributed by atoms with Crippen molar-refractivity contribution in [2.24, 2.45) is 11.1 Å². The van der Waals surface area contributed by atoms with Crippen LogP contribution in [0, 0.1) is 5.41 Å². The van der Waals surface area contributed by atoms with Gasteiger partial charge in [-0.1, -0.05) is 32.9 Å². The van der Waals surface area contributed by atoms with Crippen LogP contribution in [0.2, 0.25) is 0 Å². The monoisotopic (exact) mass is 286 g/mol. The van der Waals surface area contributed by atoms with Gasteiger partial charge in [-0.15, -0.1) is 0 Å². The predicted octanol–water partition coefficient (Wildman–Crippen LogP) is 2.24. The molecule has 1 heterocycles. The molecule has 1 amide bonds. The molecule has 0 aliphatic carbocycles. The summed E-state index contributed by atoms with van der Waals surface area (Å²) in [6.07, 6.45) is 3.67. The number of amides is 1. The van der Waals surface area contributed by atoms with Crippen LogP contribution in [0.4, 0.5) is 5.69 Å². The Hall–Kier alpha value is -2.14. The maximum atomic E-state index is 12.1. The van der Waals surface area contributed by atoms with Crippen LogP contribution in [0.25, 0.3) is 0 Å². The summed E-state index contributed by atoms with van der Waals surface area (Å²) >= 11 is 0. The van der Waals surface area contributed by atoms with Gasteiger partial charge >= 0.3 is 0 Å². The molecule has 2 rings (SSSR count). The molecule has 5 heteroatoms. The van der Waals surface area contributed by atoms with Crippen molar-refractivity contribution in [3.05, 3.63) is 48.3 Å². The van der Waals surface area contributed by atoms with Gasteiger partial charge in [-0.05, 0) is 29.2 Å². The van der Waals surface area contributed by atoms with Crippen LogP contribution in [0.3, 0.4) is 0 Å². The Labute approximate surface area is 125 Å². The van der Waals surface area contributed by atoms with E-state index in [2.05, 4.69) is 10.4 Å². The number of nitrogens with one attached hydrogen (secondary N) is 1. The van der Waals surface area contributed by atoms with Gasteiger partial charge in [0.15, 0.2) is 0 Å². The van der Waals surface area contributed by atoms with Gasteiger partial charge in [0.25, 0.3) is 0 Å². The molecule has 3 N–H and O–H groups in total. The molecule has 21 heavy (non-hydrogen) atoms. The number of carbonyl (C=O) groups excluding carboxylic acids is 1. The lowest BCUT2D eigenvalue weighted by Gasteiger charge is -2.25. The van der Waals surface area contributed by atoms with Crippen LogP contribution in [0.15, 0.2) is 42.7 Å². The number of nitrogens with zero attached hydrogens (tertiary/aromatic N) is 2. The van der Waals surface area contributed by atoms with Gasteiger partial charge in [-0.3, -0.25) is 9.48 Å². The fourth-order valence-corrected chi connectivity index (χ4v) is 1.89. The summed E-state index contributed by atoms with van der Waals surface area (Å²) in [6, 6.07) is 9.06. The van der Waals surface area contributed by atoms with E-state index in [1.165, 1.54) is 0 Å². The Bertz CT molecular complexity index is 582. The van der Waals surface area contributed by atoms with E-state index in [1.54, 1.807) is 6.20 Å². The fraction of sp³-hybridized carbons (Fsp3) is 0.375. The van der Waals surface area contributed by atoms with Crippen LogP contribution < -0.4 is 11.1 Å². The molecule has 1 aromatic carbocycles. The number of anilines is 1. The highest BCUT2D eigenvalue weighted by molar-refractivity contribution is 5.95. The molecule has 0 radical (unpaired) electrons. The minimum absolute atomic E-state index is 0.165. The highest BCUT2D eigenvalue weighted by Crippen LogP contribution is 2.19. The molecule has 0 saturated heterocycles. The molecule has 0 aliphatic rings. The number of carbonyl (C=O) groups is 1. The zero-order valence-corrected chi connectivity index (χ0v) is 12.7. The molecule has 1 atom stereocenters. The normalized spacial score (nSPS) is 13.0. The minimum Gasteiger partial charge on any atom is -0.325 e. The van der Waals surface area contributed by atoms with Gasteiger partial charge in [-0.25, -0.2) is 0 Å².